The van der Waals surface area contributed by atoms with E-state index in [9.17, 15) is 19.5 Å². The van der Waals surface area contributed by atoms with Crippen LogP contribution >= 0.6 is 0 Å². The van der Waals surface area contributed by atoms with E-state index in [0.717, 1.165) is 135 Å². The molecule has 0 aliphatic rings. The molecule has 0 spiro atoms. The fourth-order valence-electron chi connectivity index (χ4n) is 8.79. The van der Waals surface area contributed by atoms with Gasteiger partial charge in [-0.2, -0.15) is 0 Å². The van der Waals surface area contributed by atoms with E-state index in [1.807, 2.05) is 21.1 Å². The number of rotatable bonds is 61. The van der Waals surface area contributed by atoms with E-state index in [1.165, 1.54) is 70.6 Å². The van der Waals surface area contributed by atoms with E-state index < -0.39 is 24.3 Å². The number of carbonyl (C=O) groups excluding carboxylic acids is 3. The third kappa shape index (κ3) is 68.0. The second-order valence-electron chi connectivity index (χ2n) is 23.3. The van der Waals surface area contributed by atoms with Gasteiger partial charge in [-0.15, -0.1) is 0 Å². The molecule has 0 aromatic rings. The lowest BCUT2D eigenvalue weighted by Gasteiger charge is -2.26. The number of allylic oxidation sites excluding steroid dienone is 28. The zero-order chi connectivity index (χ0) is 63.3. The van der Waals surface area contributed by atoms with E-state index in [-0.39, 0.29) is 38.6 Å². The summed E-state index contributed by atoms with van der Waals surface area (Å²) in [4.78, 5) is 37.4. The van der Waals surface area contributed by atoms with Crippen molar-refractivity contribution in [1.29, 1.82) is 0 Å². The molecule has 0 aliphatic carbocycles. The Bertz CT molecular complexity index is 2030. The average molecular weight is 1200 g/mol. The van der Waals surface area contributed by atoms with Gasteiger partial charge in [0.15, 0.2) is 12.4 Å². The molecular formula is C78H125NO8. The van der Waals surface area contributed by atoms with Gasteiger partial charge in [-0.05, 0) is 128 Å². The number of aliphatic carboxylic acids is 1. The van der Waals surface area contributed by atoms with Gasteiger partial charge in [0.1, 0.15) is 13.2 Å². The Balaban J connectivity index is 4.18. The second-order valence-corrected chi connectivity index (χ2v) is 23.3. The molecule has 0 rings (SSSR count). The summed E-state index contributed by atoms with van der Waals surface area (Å²) in [5.74, 6) is -2.33. The Labute approximate surface area is 533 Å². The Hall–Kier alpha value is -5.35. The van der Waals surface area contributed by atoms with Crippen molar-refractivity contribution in [3.8, 4) is 0 Å². The zero-order valence-electron chi connectivity index (χ0n) is 55.8. The summed E-state index contributed by atoms with van der Waals surface area (Å²) < 4.78 is 22.7. The van der Waals surface area contributed by atoms with E-state index >= 15 is 0 Å². The van der Waals surface area contributed by atoms with Gasteiger partial charge in [-0.3, -0.25) is 9.59 Å². The normalized spacial score (nSPS) is 13.8. The van der Waals surface area contributed by atoms with Crippen molar-refractivity contribution < 1.29 is 42.9 Å². The minimum atomic E-state index is -1.64. The lowest BCUT2D eigenvalue weighted by Crippen LogP contribution is -2.44. The number of hydrogen-bond acceptors (Lipinski definition) is 8. The molecule has 9 heteroatoms. The maximum atomic E-state index is 12.9. The van der Waals surface area contributed by atoms with Crippen LogP contribution in [-0.4, -0.2) is 82.3 Å². The lowest BCUT2D eigenvalue weighted by atomic mass is 10.0. The molecule has 2 unspecified atom stereocenters. The van der Waals surface area contributed by atoms with Crippen molar-refractivity contribution in [3.05, 3.63) is 170 Å². The van der Waals surface area contributed by atoms with Crippen LogP contribution in [0.5, 0.6) is 0 Å². The van der Waals surface area contributed by atoms with Crippen molar-refractivity contribution in [3.63, 3.8) is 0 Å². The topological polar surface area (TPSA) is 111 Å². The first-order valence-corrected chi connectivity index (χ1v) is 34.3. The van der Waals surface area contributed by atoms with Gasteiger partial charge in [0, 0.05) is 12.8 Å². The summed E-state index contributed by atoms with van der Waals surface area (Å²) in [6, 6.07) is 0. The quantitative estimate of drug-likeness (QED) is 0.0195. The molecule has 0 saturated heterocycles. The average Bonchev–Trinajstić information content (AvgIpc) is 3.55. The third-order valence-corrected chi connectivity index (χ3v) is 14.0. The number of esters is 2. The molecule has 0 heterocycles. The summed E-state index contributed by atoms with van der Waals surface area (Å²) in [6.07, 6.45) is 97.1. The molecule has 0 amide bonds. The molecular weight excluding hydrogens is 1080 g/mol. The molecule has 490 valence electrons. The zero-order valence-corrected chi connectivity index (χ0v) is 55.8. The number of quaternary nitrogens is 1. The standard InChI is InChI=1S/C78H125NO8/c1-6-8-10-12-14-16-18-20-22-24-26-28-30-31-32-33-34-35-36-37-38-39-40-41-42-43-44-45-47-49-51-53-55-57-59-61-63-65-67-69-76(81)87-74(73-86-78(77(82)83)84-71-70-79(3,4)5)72-85-75(80)68-66-64-62-60-58-56-54-52-50-48-46-29-27-25-23-21-19-17-15-13-11-9-7-2/h8-11,14-17,20-23,26-29,31-32,34-35,37-38,40-41,48,50,54,56,74,78H,6-7,12-13,18-19,24-25,30,33,36,39,42-47,49,51-53,55,57-73H2,1-5H3/b10-8-,11-9-,16-14-,17-15-,22-20-,23-21-,28-26-,29-27-,32-31-,35-34-,38-37-,41-40-,50-48-,56-54-. The van der Waals surface area contributed by atoms with E-state index in [2.05, 4.69) is 184 Å². The highest BCUT2D eigenvalue weighted by molar-refractivity contribution is 5.70. The fraction of sp³-hybridized carbons (Fsp3) is 0.603. The van der Waals surface area contributed by atoms with Crippen LogP contribution in [-0.2, 0) is 33.3 Å². The predicted molar refractivity (Wildman–Crippen MR) is 370 cm³/mol. The summed E-state index contributed by atoms with van der Waals surface area (Å²) in [6.45, 7) is 4.47. The van der Waals surface area contributed by atoms with Gasteiger partial charge in [-0.1, -0.05) is 274 Å². The number of unbranched alkanes of at least 4 members (excludes halogenated alkanes) is 18. The first kappa shape index (κ1) is 81.7. The highest BCUT2D eigenvalue weighted by atomic mass is 16.7. The van der Waals surface area contributed by atoms with Crippen LogP contribution < -0.4 is 5.11 Å². The molecule has 0 bridgehead atoms. The van der Waals surface area contributed by atoms with Crippen LogP contribution in [0, 0.1) is 0 Å². The van der Waals surface area contributed by atoms with E-state index in [0.29, 0.717) is 23.9 Å². The third-order valence-electron chi connectivity index (χ3n) is 14.0. The molecule has 0 aliphatic heterocycles. The van der Waals surface area contributed by atoms with Crippen LogP contribution in [0.2, 0.25) is 0 Å². The summed E-state index contributed by atoms with van der Waals surface area (Å²) >= 11 is 0. The molecule has 0 N–H and O–H groups in total. The Morgan fingerprint density at radius 1 is 0.345 bits per heavy atom. The Morgan fingerprint density at radius 3 is 0.920 bits per heavy atom. The lowest BCUT2D eigenvalue weighted by molar-refractivity contribution is -0.870. The predicted octanol–water partition coefficient (Wildman–Crippen LogP) is 20.1. The van der Waals surface area contributed by atoms with Crippen molar-refractivity contribution >= 4 is 17.9 Å². The van der Waals surface area contributed by atoms with Gasteiger partial charge >= 0.3 is 11.9 Å². The van der Waals surface area contributed by atoms with Crippen LogP contribution in [0.4, 0.5) is 0 Å². The Kier molecular flexibility index (Phi) is 62.5. The maximum Gasteiger partial charge on any atom is 0.306 e. The Morgan fingerprint density at radius 2 is 0.621 bits per heavy atom. The number of likely N-dealkylation sites (N-methyl/N-ethyl adjacent to an activating group) is 1. The van der Waals surface area contributed by atoms with Crippen molar-refractivity contribution in [2.45, 2.75) is 257 Å². The summed E-state index contributed by atoms with van der Waals surface area (Å²) in [5, 5.41) is 11.8. The van der Waals surface area contributed by atoms with Gasteiger partial charge in [0.05, 0.1) is 40.3 Å². The molecule has 2 atom stereocenters. The molecule has 0 aromatic carbocycles. The first-order chi connectivity index (χ1) is 42.6. The smallest absolute Gasteiger partial charge is 0.306 e. The first-order valence-electron chi connectivity index (χ1n) is 34.3. The molecule has 0 aromatic heterocycles. The number of carboxylic acid groups (broad SMARTS) is 1. The number of hydrogen-bond donors (Lipinski definition) is 0. The van der Waals surface area contributed by atoms with Gasteiger partial charge < -0.3 is 33.3 Å². The van der Waals surface area contributed by atoms with Crippen molar-refractivity contribution in [2.75, 3.05) is 47.5 Å². The summed E-state index contributed by atoms with van der Waals surface area (Å²) in [5.41, 5.74) is 0. The minimum Gasteiger partial charge on any atom is -0.545 e. The highest BCUT2D eigenvalue weighted by Crippen LogP contribution is 2.16. The number of nitrogens with zero attached hydrogens (tertiary/aromatic N) is 1. The van der Waals surface area contributed by atoms with Gasteiger partial charge in [0.2, 0.25) is 0 Å². The fourth-order valence-corrected chi connectivity index (χ4v) is 8.79. The minimum absolute atomic E-state index is 0.135. The van der Waals surface area contributed by atoms with E-state index in [4.69, 9.17) is 18.9 Å². The molecule has 0 radical (unpaired) electrons. The van der Waals surface area contributed by atoms with Crippen LogP contribution in [0.1, 0.15) is 245 Å². The molecule has 9 nitrogen and oxygen atoms in total. The largest absolute Gasteiger partial charge is 0.545 e. The molecule has 0 saturated carbocycles. The number of ether oxygens (including phenoxy) is 4. The second kappa shape index (κ2) is 66.6. The monoisotopic (exact) mass is 1200 g/mol. The van der Waals surface area contributed by atoms with Crippen LogP contribution in [0.15, 0.2) is 170 Å². The molecule has 87 heavy (non-hydrogen) atoms. The van der Waals surface area contributed by atoms with Crippen LogP contribution in [0.3, 0.4) is 0 Å². The summed E-state index contributed by atoms with van der Waals surface area (Å²) in [7, 11) is 5.91. The van der Waals surface area contributed by atoms with Crippen LogP contribution in [0.25, 0.3) is 0 Å². The van der Waals surface area contributed by atoms with Crippen molar-refractivity contribution in [1.82, 2.24) is 0 Å². The van der Waals surface area contributed by atoms with Gasteiger partial charge in [0.25, 0.3) is 0 Å². The molecule has 0 fully saturated rings. The number of carbonyl (C=O) groups is 3. The highest BCUT2D eigenvalue weighted by Gasteiger charge is 2.22. The number of carboxylic acids is 1. The van der Waals surface area contributed by atoms with Crippen molar-refractivity contribution in [2.24, 2.45) is 0 Å². The van der Waals surface area contributed by atoms with E-state index in [1.54, 1.807) is 0 Å². The SMILES string of the molecule is CC/C=C\C/C=C\C/C=C\C/C=C\C/C=C\C/C=C\C/C=C\C/C=C\CCCCCCCCCCCCCCCCC(=O)OC(COC(=O)CCCCCC/C=C\C/C=C\C/C=C\C/C=C\C/C=C\C/C=C\CC)COC(OCC[N+](C)(C)C)C(=O)[O-]. The maximum absolute atomic E-state index is 12.9. The van der Waals surface area contributed by atoms with Gasteiger partial charge in [-0.25, -0.2) is 0 Å².